The smallest absolute Gasteiger partial charge is 0.377 e. The zero-order valence-corrected chi connectivity index (χ0v) is 21.1. The second-order valence-electron chi connectivity index (χ2n) is 7.71. The number of carbonyl (C=O) groups excluding carboxylic acids is 3. The third-order valence-electron chi connectivity index (χ3n) is 5.21. The summed E-state index contributed by atoms with van der Waals surface area (Å²) in [5, 5.41) is 13.1. The molecule has 0 spiro atoms. The highest BCUT2D eigenvalue weighted by Crippen LogP contribution is 2.35. The summed E-state index contributed by atoms with van der Waals surface area (Å²) >= 11 is 7.74. The van der Waals surface area contributed by atoms with E-state index in [1.54, 1.807) is 17.5 Å². The van der Waals surface area contributed by atoms with Crippen molar-refractivity contribution in [3.63, 3.8) is 0 Å². The second kappa shape index (κ2) is 11.1. The van der Waals surface area contributed by atoms with Crippen LogP contribution in [0.3, 0.4) is 0 Å². The number of nitrogens with one attached hydrogen (secondary N) is 1. The van der Waals surface area contributed by atoms with Crippen LogP contribution in [-0.2, 0) is 14.4 Å². The fraction of sp³-hybridized carbons (Fsp3) is 0.0800. The Labute approximate surface area is 222 Å². The molecule has 2 N–H and O–H groups in total. The van der Waals surface area contributed by atoms with E-state index in [0.717, 1.165) is 28.8 Å². The lowest BCUT2D eigenvalue weighted by molar-refractivity contribution is -0.132. The Hall–Kier alpha value is -3.74. The summed E-state index contributed by atoms with van der Waals surface area (Å²) in [6.07, 6.45) is 1.61. The molecule has 12 heteroatoms. The van der Waals surface area contributed by atoms with Crippen molar-refractivity contribution < 1.29 is 33.1 Å². The third kappa shape index (κ3) is 6.16. The molecule has 3 aromatic rings. The minimum atomic E-state index is -1.57. The van der Waals surface area contributed by atoms with Gasteiger partial charge in [-0.2, -0.15) is 0 Å². The number of hydrogen-bond acceptors (Lipinski definition) is 7. The highest BCUT2D eigenvalue weighted by Gasteiger charge is 2.32. The van der Waals surface area contributed by atoms with Crippen LogP contribution < -0.4 is 5.32 Å². The molecular formula is C25H16F2N2O5S3. The molecule has 0 aliphatic carbocycles. The quantitative estimate of drug-likeness (QED) is 0.170. The molecule has 1 fully saturated rings. The number of nitrogens with zero attached hydrogens (tertiary/aromatic N) is 1. The number of rotatable bonds is 8. The molecule has 0 radical (unpaired) electrons. The number of anilines is 1. The summed E-state index contributed by atoms with van der Waals surface area (Å²) in [5.41, 5.74) is 1.54. The number of carboxylic acid groups (broad SMARTS) is 1. The van der Waals surface area contributed by atoms with Crippen molar-refractivity contribution in [2.45, 2.75) is 6.42 Å². The molecule has 0 saturated carbocycles. The van der Waals surface area contributed by atoms with E-state index in [2.05, 4.69) is 5.32 Å². The molecule has 1 aliphatic rings. The zero-order valence-electron chi connectivity index (χ0n) is 18.7. The maximum Gasteiger partial charge on any atom is 0.377 e. The van der Waals surface area contributed by atoms with E-state index in [-0.39, 0.29) is 24.4 Å². The molecule has 37 heavy (non-hydrogen) atoms. The summed E-state index contributed by atoms with van der Waals surface area (Å²) in [7, 11) is 0. The summed E-state index contributed by atoms with van der Waals surface area (Å²) in [6.45, 7) is 0.0496. The van der Waals surface area contributed by atoms with Crippen LogP contribution in [0.1, 0.15) is 21.7 Å². The minimum absolute atomic E-state index is 0.0162. The number of thiophene rings is 1. The van der Waals surface area contributed by atoms with Crippen LogP contribution in [0, 0.1) is 11.6 Å². The number of hydrogen-bond donors (Lipinski definition) is 2. The Morgan fingerprint density at radius 2 is 1.76 bits per heavy atom. The van der Waals surface area contributed by atoms with Gasteiger partial charge in [-0.25, -0.2) is 13.6 Å². The molecule has 1 aromatic heterocycles. The van der Waals surface area contributed by atoms with Crippen LogP contribution in [-0.4, -0.2) is 44.4 Å². The van der Waals surface area contributed by atoms with Crippen molar-refractivity contribution in [1.82, 2.24) is 4.90 Å². The fourth-order valence-electron chi connectivity index (χ4n) is 3.34. The maximum absolute atomic E-state index is 13.5. The highest BCUT2D eigenvalue weighted by molar-refractivity contribution is 8.26. The Morgan fingerprint density at radius 1 is 1.03 bits per heavy atom. The number of thiocarbonyl (C=S) groups is 1. The van der Waals surface area contributed by atoms with E-state index in [0.29, 0.717) is 26.0 Å². The van der Waals surface area contributed by atoms with Gasteiger partial charge < -0.3 is 10.4 Å². The first-order chi connectivity index (χ1) is 17.6. The molecule has 2 amide bonds. The number of halogens is 2. The highest BCUT2D eigenvalue weighted by atomic mass is 32.2. The number of aliphatic carboxylic acids is 1. The van der Waals surface area contributed by atoms with Gasteiger partial charge in [0.25, 0.3) is 11.7 Å². The fourth-order valence-corrected chi connectivity index (χ4v) is 5.56. The van der Waals surface area contributed by atoms with Crippen LogP contribution in [0.15, 0.2) is 58.8 Å². The van der Waals surface area contributed by atoms with E-state index >= 15 is 0 Å². The van der Waals surface area contributed by atoms with Gasteiger partial charge in [-0.05, 0) is 65.0 Å². The van der Waals surface area contributed by atoms with E-state index in [1.165, 1.54) is 46.6 Å². The topological polar surface area (TPSA) is 104 Å². The number of Topliss-reactive ketones (excluding diaryl/α,β-unsaturated/α-hetero) is 1. The molecular weight excluding hydrogens is 542 g/mol. The molecule has 0 unspecified atom stereocenters. The van der Waals surface area contributed by atoms with Gasteiger partial charge in [0.1, 0.15) is 4.32 Å². The SMILES string of the molecule is O=C(CCN1C(=O)C(=Cc2cc(-c3ccc(F)c(F)c3)cs2)SC1=S)Nc1ccc(C(=O)C(=O)O)cc1. The van der Waals surface area contributed by atoms with Crippen molar-refractivity contribution in [1.29, 1.82) is 0 Å². The van der Waals surface area contributed by atoms with E-state index in [4.69, 9.17) is 17.3 Å². The molecule has 4 rings (SSSR count). The molecule has 2 heterocycles. The standard InChI is InChI=1S/C25H16F2N2O5S3/c26-18-6-3-14(10-19(18)27)15-9-17(36-12-15)11-20-23(32)29(25(35)37-20)8-7-21(30)28-16-4-1-13(2-5-16)22(31)24(33)34/h1-6,9-12H,7-8H2,(H,28,30)(H,33,34). The molecule has 1 saturated heterocycles. The van der Waals surface area contributed by atoms with E-state index < -0.39 is 29.3 Å². The average molecular weight is 559 g/mol. The Bertz CT molecular complexity index is 1470. The van der Waals surface area contributed by atoms with E-state index in [1.807, 2.05) is 0 Å². The molecule has 1 aliphatic heterocycles. The summed E-state index contributed by atoms with van der Waals surface area (Å²) in [5.74, 6) is -5.24. The first-order valence-corrected chi connectivity index (χ1v) is 12.7. The first kappa shape index (κ1) is 26.3. The van der Waals surface area contributed by atoms with Crippen LogP contribution in [0.2, 0.25) is 0 Å². The van der Waals surface area contributed by atoms with Crippen molar-refractivity contribution in [2.24, 2.45) is 0 Å². The average Bonchev–Trinajstić information content (AvgIpc) is 3.43. The van der Waals surface area contributed by atoms with Crippen molar-refractivity contribution in [2.75, 3.05) is 11.9 Å². The second-order valence-corrected chi connectivity index (χ2v) is 10.3. The Morgan fingerprint density at radius 3 is 2.43 bits per heavy atom. The van der Waals surface area contributed by atoms with Crippen LogP contribution in [0.4, 0.5) is 14.5 Å². The van der Waals surface area contributed by atoms with Gasteiger partial charge in [0.05, 0.1) is 4.91 Å². The molecule has 7 nitrogen and oxygen atoms in total. The lowest BCUT2D eigenvalue weighted by Gasteiger charge is -2.14. The van der Waals surface area contributed by atoms with Crippen molar-refractivity contribution in [3.8, 4) is 11.1 Å². The van der Waals surface area contributed by atoms with Crippen LogP contribution >= 0.6 is 35.3 Å². The van der Waals surface area contributed by atoms with Gasteiger partial charge in [0.15, 0.2) is 11.6 Å². The number of benzene rings is 2. The largest absolute Gasteiger partial charge is 0.475 e. The Kier molecular flexibility index (Phi) is 7.91. The predicted molar refractivity (Wildman–Crippen MR) is 141 cm³/mol. The number of ketones is 1. The minimum Gasteiger partial charge on any atom is -0.475 e. The van der Waals surface area contributed by atoms with E-state index in [9.17, 15) is 28.0 Å². The lowest BCUT2D eigenvalue weighted by atomic mass is 10.1. The Balaban J connectivity index is 1.35. The monoisotopic (exact) mass is 558 g/mol. The number of amides is 2. The molecule has 0 bridgehead atoms. The number of thioether (sulfide) groups is 1. The van der Waals surface area contributed by atoms with Gasteiger partial charge in [0, 0.05) is 29.1 Å². The van der Waals surface area contributed by atoms with Gasteiger partial charge >= 0.3 is 5.97 Å². The van der Waals surface area contributed by atoms with Gasteiger partial charge in [-0.3, -0.25) is 19.3 Å². The lowest BCUT2D eigenvalue weighted by Crippen LogP contribution is -2.31. The van der Waals surface area contributed by atoms with Gasteiger partial charge in [-0.1, -0.05) is 30.0 Å². The van der Waals surface area contributed by atoms with Gasteiger partial charge in [0.2, 0.25) is 5.91 Å². The molecule has 0 atom stereocenters. The summed E-state index contributed by atoms with van der Waals surface area (Å²) in [4.78, 5) is 49.8. The number of carboxylic acids is 1. The van der Waals surface area contributed by atoms with Crippen molar-refractivity contribution >= 4 is 75.0 Å². The summed E-state index contributed by atoms with van der Waals surface area (Å²) < 4.78 is 27.1. The molecule has 2 aromatic carbocycles. The van der Waals surface area contributed by atoms with Gasteiger partial charge in [-0.15, -0.1) is 11.3 Å². The molecule has 188 valence electrons. The summed E-state index contributed by atoms with van der Waals surface area (Å²) in [6, 6.07) is 10.8. The first-order valence-electron chi connectivity index (χ1n) is 10.6. The van der Waals surface area contributed by atoms with Crippen LogP contribution in [0.5, 0.6) is 0 Å². The van der Waals surface area contributed by atoms with Crippen LogP contribution in [0.25, 0.3) is 17.2 Å². The van der Waals surface area contributed by atoms with Crippen molar-refractivity contribution in [3.05, 3.63) is 80.9 Å². The third-order valence-corrected chi connectivity index (χ3v) is 7.46. The predicted octanol–water partition coefficient (Wildman–Crippen LogP) is 5.19. The normalized spacial score (nSPS) is 14.3. The maximum atomic E-state index is 13.5. The number of carbonyl (C=O) groups is 4. The zero-order chi connectivity index (χ0) is 26.7.